The first-order valence-electron chi connectivity index (χ1n) is 6.61. The molecule has 0 aliphatic carbocycles. The highest BCUT2D eigenvalue weighted by atomic mass is 16.2. The van der Waals surface area contributed by atoms with Crippen LogP contribution < -0.4 is 5.32 Å². The number of rotatable bonds is 5. The lowest BCUT2D eigenvalue weighted by atomic mass is 10.2. The highest BCUT2D eigenvalue weighted by Crippen LogP contribution is 2.05. The Balaban J connectivity index is 2.12. The average molecular weight is 261 g/mol. The lowest BCUT2D eigenvalue weighted by molar-refractivity contribution is 0.0943. The fourth-order valence-electron chi connectivity index (χ4n) is 1.92. The standard InChI is InChI=1S/C13H19N5O/c1-4-5-6-7-14-12(19)11-16-13-15-9(2)8-10(3)18(13)17-11/h8H,4-7H2,1-3H3,(H,14,19). The molecule has 0 aliphatic heterocycles. The van der Waals surface area contributed by atoms with Crippen molar-refractivity contribution in [3.63, 3.8) is 0 Å². The fraction of sp³-hybridized carbons (Fsp3) is 0.538. The van der Waals surface area contributed by atoms with Crippen molar-refractivity contribution in [2.75, 3.05) is 6.54 Å². The monoisotopic (exact) mass is 261 g/mol. The number of unbranched alkanes of at least 4 members (excludes halogenated alkanes) is 2. The SMILES string of the molecule is CCCCCNC(=O)c1nc2nc(C)cc(C)n2n1. The summed E-state index contributed by atoms with van der Waals surface area (Å²) >= 11 is 0. The van der Waals surface area contributed by atoms with E-state index < -0.39 is 0 Å². The van der Waals surface area contributed by atoms with Gasteiger partial charge in [-0.3, -0.25) is 4.79 Å². The van der Waals surface area contributed by atoms with Gasteiger partial charge in [0.1, 0.15) is 0 Å². The molecule has 6 nitrogen and oxygen atoms in total. The van der Waals surface area contributed by atoms with Crippen LogP contribution in [-0.4, -0.2) is 32.0 Å². The van der Waals surface area contributed by atoms with Crippen molar-refractivity contribution < 1.29 is 4.79 Å². The molecule has 0 bridgehead atoms. The van der Waals surface area contributed by atoms with Crippen LogP contribution in [0, 0.1) is 13.8 Å². The molecule has 1 amide bonds. The minimum Gasteiger partial charge on any atom is -0.349 e. The number of carbonyl (C=O) groups is 1. The Morgan fingerprint density at radius 1 is 1.32 bits per heavy atom. The van der Waals surface area contributed by atoms with Gasteiger partial charge in [-0.05, 0) is 26.3 Å². The normalized spacial score (nSPS) is 10.9. The van der Waals surface area contributed by atoms with Crippen LogP contribution in [0.15, 0.2) is 6.07 Å². The van der Waals surface area contributed by atoms with Crippen molar-refractivity contribution in [2.45, 2.75) is 40.0 Å². The molecule has 0 aromatic carbocycles. The minimum absolute atomic E-state index is 0.178. The van der Waals surface area contributed by atoms with Gasteiger partial charge in [0.2, 0.25) is 5.82 Å². The molecule has 0 spiro atoms. The maximum atomic E-state index is 11.9. The molecular formula is C13H19N5O. The molecule has 2 rings (SSSR count). The molecule has 0 saturated heterocycles. The number of carbonyl (C=O) groups excluding carboxylic acids is 1. The predicted octanol–water partition coefficient (Wildman–Crippen LogP) is 1.66. The van der Waals surface area contributed by atoms with Crippen molar-refractivity contribution in [3.8, 4) is 0 Å². The highest BCUT2D eigenvalue weighted by Gasteiger charge is 2.14. The van der Waals surface area contributed by atoms with E-state index in [1.54, 1.807) is 4.52 Å². The molecule has 0 saturated carbocycles. The Morgan fingerprint density at radius 3 is 2.84 bits per heavy atom. The molecule has 2 heterocycles. The van der Waals surface area contributed by atoms with E-state index in [1.807, 2.05) is 19.9 Å². The van der Waals surface area contributed by atoms with Crippen molar-refractivity contribution in [1.82, 2.24) is 24.9 Å². The number of nitrogens with one attached hydrogen (secondary N) is 1. The zero-order valence-corrected chi connectivity index (χ0v) is 11.6. The molecule has 2 aromatic rings. The summed E-state index contributed by atoms with van der Waals surface area (Å²) in [5, 5.41) is 7.01. The van der Waals surface area contributed by atoms with Crippen LogP contribution in [0.4, 0.5) is 0 Å². The first kappa shape index (κ1) is 13.5. The summed E-state index contributed by atoms with van der Waals surface area (Å²) in [6, 6.07) is 1.91. The van der Waals surface area contributed by atoms with Crippen molar-refractivity contribution in [2.24, 2.45) is 0 Å². The summed E-state index contributed by atoms with van der Waals surface area (Å²) < 4.78 is 1.59. The van der Waals surface area contributed by atoms with Gasteiger partial charge >= 0.3 is 0 Å². The summed E-state index contributed by atoms with van der Waals surface area (Å²) in [7, 11) is 0. The Labute approximate surface area is 112 Å². The summed E-state index contributed by atoms with van der Waals surface area (Å²) in [5.41, 5.74) is 1.78. The molecule has 0 radical (unpaired) electrons. The van der Waals surface area contributed by atoms with Gasteiger partial charge in [0.15, 0.2) is 0 Å². The van der Waals surface area contributed by atoms with Gasteiger partial charge in [0, 0.05) is 17.9 Å². The Kier molecular flexibility index (Phi) is 4.09. The Hall–Kier alpha value is -1.98. The van der Waals surface area contributed by atoms with Crippen LogP contribution in [0.2, 0.25) is 0 Å². The number of hydrogen-bond acceptors (Lipinski definition) is 4. The fourth-order valence-corrected chi connectivity index (χ4v) is 1.92. The van der Waals surface area contributed by atoms with Gasteiger partial charge in [0.05, 0.1) is 0 Å². The van der Waals surface area contributed by atoms with Crippen LogP contribution >= 0.6 is 0 Å². The average Bonchev–Trinajstić information content (AvgIpc) is 2.78. The third kappa shape index (κ3) is 3.07. The van der Waals surface area contributed by atoms with E-state index in [0.29, 0.717) is 12.3 Å². The van der Waals surface area contributed by atoms with Crippen LogP contribution in [0.1, 0.15) is 48.2 Å². The van der Waals surface area contributed by atoms with Crippen LogP contribution in [-0.2, 0) is 0 Å². The number of aryl methyl sites for hydroxylation is 2. The summed E-state index contributed by atoms with van der Waals surface area (Å²) in [5.74, 6) is 0.410. The second-order valence-corrected chi connectivity index (χ2v) is 4.65. The van der Waals surface area contributed by atoms with Crippen molar-refractivity contribution >= 4 is 11.7 Å². The number of amides is 1. The van der Waals surface area contributed by atoms with Gasteiger partial charge in [-0.25, -0.2) is 9.50 Å². The molecule has 19 heavy (non-hydrogen) atoms. The molecule has 0 unspecified atom stereocenters. The maximum absolute atomic E-state index is 11.9. The van der Waals surface area contributed by atoms with Crippen LogP contribution in [0.3, 0.4) is 0 Å². The van der Waals surface area contributed by atoms with E-state index in [2.05, 4.69) is 27.3 Å². The lowest BCUT2D eigenvalue weighted by Crippen LogP contribution is -2.25. The van der Waals surface area contributed by atoms with Gasteiger partial charge in [-0.15, -0.1) is 5.10 Å². The number of hydrogen-bond donors (Lipinski definition) is 1. The molecule has 0 atom stereocenters. The highest BCUT2D eigenvalue weighted by molar-refractivity contribution is 5.90. The molecule has 102 valence electrons. The summed E-state index contributed by atoms with van der Waals surface area (Å²) in [6.45, 7) is 6.60. The van der Waals surface area contributed by atoms with Gasteiger partial charge in [-0.2, -0.15) is 4.98 Å². The lowest BCUT2D eigenvalue weighted by Gasteiger charge is -2.00. The van der Waals surface area contributed by atoms with Crippen molar-refractivity contribution in [3.05, 3.63) is 23.3 Å². The zero-order valence-electron chi connectivity index (χ0n) is 11.6. The van der Waals surface area contributed by atoms with Crippen LogP contribution in [0.5, 0.6) is 0 Å². The molecular weight excluding hydrogens is 242 g/mol. The van der Waals surface area contributed by atoms with E-state index in [4.69, 9.17) is 0 Å². The first-order chi connectivity index (χ1) is 9.11. The molecule has 2 aromatic heterocycles. The summed E-state index contributed by atoms with van der Waals surface area (Å²) in [6.07, 6.45) is 3.22. The van der Waals surface area contributed by atoms with E-state index >= 15 is 0 Å². The van der Waals surface area contributed by atoms with E-state index in [9.17, 15) is 4.79 Å². The topological polar surface area (TPSA) is 72.2 Å². The van der Waals surface area contributed by atoms with Gasteiger partial charge in [-0.1, -0.05) is 19.8 Å². The smallest absolute Gasteiger partial charge is 0.291 e. The summed E-state index contributed by atoms with van der Waals surface area (Å²) in [4.78, 5) is 20.3. The minimum atomic E-state index is -0.237. The second-order valence-electron chi connectivity index (χ2n) is 4.65. The second kappa shape index (κ2) is 5.77. The Bertz CT molecular complexity index is 590. The zero-order chi connectivity index (χ0) is 13.8. The van der Waals surface area contributed by atoms with E-state index in [0.717, 1.165) is 30.7 Å². The van der Waals surface area contributed by atoms with Gasteiger partial charge in [0.25, 0.3) is 11.7 Å². The molecule has 0 aliphatic rings. The van der Waals surface area contributed by atoms with Crippen molar-refractivity contribution in [1.29, 1.82) is 0 Å². The third-order valence-corrected chi connectivity index (χ3v) is 2.89. The Morgan fingerprint density at radius 2 is 2.11 bits per heavy atom. The van der Waals surface area contributed by atoms with Gasteiger partial charge < -0.3 is 5.32 Å². The third-order valence-electron chi connectivity index (χ3n) is 2.89. The number of fused-ring (bicyclic) bond motifs is 1. The van der Waals surface area contributed by atoms with E-state index in [-0.39, 0.29) is 11.7 Å². The molecule has 1 N–H and O–H groups in total. The largest absolute Gasteiger partial charge is 0.349 e. The quantitative estimate of drug-likeness (QED) is 0.831. The van der Waals surface area contributed by atoms with Crippen LogP contribution in [0.25, 0.3) is 5.78 Å². The first-order valence-corrected chi connectivity index (χ1v) is 6.61. The van der Waals surface area contributed by atoms with E-state index in [1.165, 1.54) is 0 Å². The molecule has 0 fully saturated rings. The molecule has 6 heteroatoms. The predicted molar refractivity (Wildman–Crippen MR) is 72.1 cm³/mol. The maximum Gasteiger partial charge on any atom is 0.291 e. The number of nitrogens with zero attached hydrogens (tertiary/aromatic N) is 4. The number of aromatic nitrogens is 4.